The van der Waals surface area contributed by atoms with Crippen molar-refractivity contribution in [3.05, 3.63) is 52.6 Å². The van der Waals surface area contributed by atoms with Crippen molar-refractivity contribution in [1.82, 2.24) is 0 Å². The Kier molecular flexibility index (Phi) is 3.50. The number of ether oxygens (including phenoxy) is 1. The predicted octanol–water partition coefficient (Wildman–Crippen LogP) is 4.12. The maximum atomic E-state index is 9.77. The molecule has 0 aromatic heterocycles. The van der Waals surface area contributed by atoms with Crippen LogP contribution in [0.25, 0.3) is 0 Å². The van der Waals surface area contributed by atoms with Crippen molar-refractivity contribution in [2.75, 3.05) is 12.4 Å². The molecule has 0 heterocycles. The number of phenolic OH excluding ortho intramolecular Hbond substituents is 1. The second-order valence-corrected chi connectivity index (χ2v) is 5.75. The summed E-state index contributed by atoms with van der Waals surface area (Å²) in [5.74, 6) is 1.26. The van der Waals surface area contributed by atoms with Crippen LogP contribution in [0.5, 0.6) is 11.5 Å². The van der Waals surface area contributed by atoms with E-state index in [2.05, 4.69) is 17.4 Å². The molecule has 0 radical (unpaired) electrons. The second kappa shape index (κ2) is 5.32. The van der Waals surface area contributed by atoms with E-state index in [1.807, 2.05) is 32.0 Å². The lowest BCUT2D eigenvalue weighted by atomic mass is 10.1. The zero-order valence-corrected chi connectivity index (χ0v) is 12.7. The maximum absolute atomic E-state index is 9.77. The van der Waals surface area contributed by atoms with Gasteiger partial charge in [0.1, 0.15) is 11.5 Å². The van der Waals surface area contributed by atoms with Gasteiger partial charge in [-0.25, -0.2) is 0 Å². The van der Waals surface area contributed by atoms with E-state index >= 15 is 0 Å². The first-order chi connectivity index (χ1) is 10.1. The van der Waals surface area contributed by atoms with E-state index in [1.54, 1.807) is 7.11 Å². The first-order valence-corrected chi connectivity index (χ1v) is 7.32. The summed E-state index contributed by atoms with van der Waals surface area (Å²) < 4.78 is 5.34. The van der Waals surface area contributed by atoms with E-state index in [0.717, 1.165) is 35.4 Å². The Morgan fingerprint density at radius 1 is 1.14 bits per heavy atom. The molecule has 2 aromatic carbocycles. The van der Waals surface area contributed by atoms with Crippen molar-refractivity contribution >= 4 is 5.69 Å². The molecule has 0 saturated heterocycles. The summed E-state index contributed by atoms with van der Waals surface area (Å²) in [4.78, 5) is 0. The highest BCUT2D eigenvalue weighted by Crippen LogP contribution is 2.37. The normalized spacial score (nSPS) is 16.6. The molecule has 0 spiro atoms. The minimum Gasteiger partial charge on any atom is -0.508 e. The smallest absolute Gasteiger partial charge is 0.119 e. The Morgan fingerprint density at radius 3 is 2.71 bits per heavy atom. The van der Waals surface area contributed by atoms with Gasteiger partial charge in [-0.3, -0.25) is 0 Å². The zero-order valence-electron chi connectivity index (χ0n) is 12.7. The number of aryl methyl sites for hydroxylation is 3. The van der Waals surface area contributed by atoms with Crippen molar-refractivity contribution < 1.29 is 9.84 Å². The zero-order chi connectivity index (χ0) is 15.0. The lowest BCUT2D eigenvalue weighted by Gasteiger charge is -2.19. The maximum Gasteiger partial charge on any atom is 0.119 e. The second-order valence-electron chi connectivity index (χ2n) is 5.75. The van der Waals surface area contributed by atoms with Gasteiger partial charge in [0.2, 0.25) is 0 Å². The Bertz CT molecular complexity index is 679. The minimum atomic E-state index is 0.303. The number of methoxy groups -OCH3 is 1. The van der Waals surface area contributed by atoms with Gasteiger partial charge in [-0.2, -0.15) is 0 Å². The number of rotatable bonds is 3. The van der Waals surface area contributed by atoms with Crippen LogP contribution in [0.4, 0.5) is 5.69 Å². The van der Waals surface area contributed by atoms with Crippen LogP contribution in [0.3, 0.4) is 0 Å². The van der Waals surface area contributed by atoms with Crippen molar-refractivity contribution in [3.63, 3.8) is 0 Å². The van der Waals surface area contributed by atoms with Crippen molar-refractivity contribution in [2.45, 2.75) is 32.7 Å². The molecule has 0 aliphatic heterocycles. The molecule has 21 heavy (non-hydrogen) atoms. The van der Waals surface area contributed by atoms with Gasteiger partial charge in [0, 0.05) is 5.69 Å². The predicted molar refractivity (Wildman–Crippen MR) is 85.3 cm³/mol. The van der Waals surface area contributed by atoms with E-state index in [0.29, 0.717) is 11.8 Å². The highest BCUT2D eigenvalue weighted by Gasteiger charge is 2.23. The largest absolute Gasteiger partial charge is 0.508 e. The van der Waals surface area contributed by atoms with Gasteiger partial charge in [-0.15, -0.1) is 0 Å². The van der Waals surface area contributed by atoms with Gasteiger partial charge in [0.05, 0.1) is 13.2 Å². The number of hydrogen-bond acceptors (Lipinski definition) is 3. The summed E-state index contributed by atoms with van der Waals surface area (Å²) in [6.07, 6.45) is 2.18. The number of fused-ring (bicyclic) bond motifs is 1. The molecule has 1 aliphatic carbocycles. The molecule has 0 fully saturated rings. The molecule has 3 nitrogen and oxygen atoms in total. The fourth-order valence-electron chi connectivity index (χ4n) is 3.00. The van der Waals surface area contributed by atoms with Crippen molar-refractivity contribution in [2.24, 2.45) is 0 Å². The van der Waals surface area contributed by atoms with Crippen LogP contribution in [0, 0.1) is 13.8 Å². The van der Waals surface area contributed by atoms with E-state index < -0.39 is 0 Å². The van der Waals surface area contributed by atoms with Crippen molar-refractivity contribution in [1.29, 1.82) is 0 Å². The average molecular weight is 283 g/mol. The number of anilines is 1. The summed E-state index contributed by atoms with van der Waals surface area (Å²) in [6.45, 7) is 3.94. The van der Waals surface area contributed by atoms with Crippen LogP contribution in [0.2, 0.25) is 0 Å². The Hall–Kier alpha value is -2.16. The highest BCUT2D eigenvalue weighted by molar-refractivity contribution is 5.58. The fraction of sp³-hybridized carbons (Fsp3) is 0.333. The van der Waals surface area contributed by atoms with Crippen LogP contribution in [0.1, 0.15) is 34.7 Å². The molecular weight excluding hydrogens is 262 g/mol. The molecular formula is C18H21NO2. The number of hydrogen-bond donors (Lipinski definition) is 2. The third kappa shape index (κ3) is 2.56. The lowest BCUT2D eigenvalue weighted by Crippen LogP contribution is -2.08. The lowest BCUT2D eigenvalue weighted by molar-refractivity contribution is 0.414. The molecule has 2 aromatic rings. The third-order valence-corrected chi connectivity index (χ3v) is 4.30. The Balaban J connectivity index is 1.90. The topological polar surface area (TPSA) is 41.5 Å². The summed E-state index contributed by atoms with van der Waals surface area (Å²) in [6, 6.07) is 10.4. The van der Waals surface area contributed by atoms with E-state index in [-0.39, 0.29) is 0 Å². The standard InChI is InChI=1S/C18H21NO2/c1-11-9-18(20)12(2)8-17(11)19-16-7-5-13-4-6-14(21-3)10-15(13)16/h4,6,8-10,16,19-20H,5,7H2,1-3H3. The average Bonchev–Trinajstić information content (AvgIpc) is 2.87. The van der Waals surface area contributed by atoms with E-state index in [9.17, 15) is 5.11 Å². The fourth-order valence-corrected chi connectivity index (χ4v) is 3.00. The molecule has 110 valence electrons. The van der Waals surface area contributed by atoms with Crippen LogP contribution in [-0.2, 0) is 6.42 Å². The van der Waals surface area contributed by atoms with Crippen LogP contribution in [-0.4, -0.2) is 12.2 Å². The third-order valence-electron chi connectivity index (χ3n) is 4.30. The molecule has 1 aliphatic rings. The first-order valence-electron chi connectivity index (χ1n) is 7.32. The van der Waals surface area contributed by atoms with Crippen molar-refractivity contribution in [3.8, 4) is 11.5 Å². The van der Waals surface area contributed by atoms with Gasteiger partial charge in [-0.05, 0) is 73.2 Å². The molecule has 3 rings (SSSR count). The number of phenols is 1. The molecule has 2 N–H and O–H groups in total. The quantitative estimate of drug-likeness (QED) is 0.833. The summed E-state index contributed by atoms with van der Waals surface area (Å²) >= 11 is 0. The van der Waals surface area contributed by atoms with Gasteiger partial charge in [-0.1, -0.05) is 6.07 Å². The van der Waals surface area contributed by atoms with Gasteiger partial charge in [0.15, 0.2) is 0 Å². The van der Waals surface area contributed by atoms with Crippen LogP contribution >= 0.6 is 0 Å². The summed E-state index contributed by atoms with van der Waals surface area (Å²) in [5.41, 5.74) is 5.76. The molecule has 1 atom stereocenters. The van der Waals surface area contributed by atoms with Gasteiger partial charge < -0.3 is 15.2 Å². The minimum absolute atomic E-state index is 0.303. The van der Waals surface area contributed by atoms with Gasteiger partial charge in [0.25, 0.3) is 0 Å². The SMILES string of the molecule is COc1ccc2c(c1)C(Nc1cc(C)c(O)cc1C)CC2. The monoisotopic (exact) mass is 283 g/mol. The summed E-state index contributed by atoms with van der Waals surface area (Å²) in [5, 5.41) is 13.4. The van der Waals surface area contributed by atoms with Crippen LogP contribution in [0.15, 0.2) is 30.3 Å². The van der Waals surface area contributed by atoms with E-state index in [1.165, 1.54) is 11.1 Å². The molecule has 0 amide bonds. The number of nitrogens with one attached hydrogen (secondary N) is 1. The van der Waals surface area contributed by atoms with E-state index in [4.69, 9.17) is 4.74 Å². The number of benzene rings is 2. The molecule has 0 saturated carbocycles. The number of aromatic hydroxyl groups is 1. The highest BCUT2D eigenvalue weighted by atomic mass is 16.5. The summed E-state index contributed by atoms with van der Waals surface area (Å²) in [7, 11) is 1.70. The Morgan fingerprint density at radius 2 is 1.95 bits per heavy atom. The molecule has 3 heteroatoms. The molecule has 1 unspecified atom stereocenters. The van der Waals surface area contributed by atoms with Gasteiger partial charge >= 0.3 is 0 Å². The van der Waals surface area contributed by atoms with Crippen LogP contribution < -0.4 is 10.1 Å². The first kappa shape index (κ1) is 13.8. The molecule has 0 bridgehead atoms. The Labute approximate surface area is 125 Å².